The van der Waals surface area contributed by atoms with Crippen LogP contribution in [0.1, 0.15) is 50.4 Å². The Morgan fingerprint density at radius 2 is 1.90 bits per heavy atom. The van der Waals surface area contributed by atoms with E-state index in [4.69, 9.17) is 0 Å². The molecule has 1 aliphatic carbocycles. The van der Waals surface area contributed by atoms with Crippen molar-refractivity contribution in [2.24, 2.45) is 11.8 Å². The first kappa shape index (κ1) is 21.8. The second kappa shape index (κ2) is 8.61. The molecule has 1 saturated heterocycles. The van der Waals surface area contributed by atoms with Crippen LogP contribution in [0, 0.1) is 11.8 Å². The molecule has 1 aromatic carbocycles. The fourth-order valence-electron chi connectivity index (χ4n) is 5.10. The van der Waals surface area contributed by atoms with Crippen molar-refractivity contribution in [2.45, 2.75) is 45.6 Å². The molecule has 2 heterocycles. The SMILES string of the molecule is CCN(CC)CCN1C(=O)[C@@H]2CN(C(=O)C3CCC3)C[C@]2(C)NC(=O)c2ccccc21. The number of fused-ring (bicyclic) bond motifs is 2. The first-order valence-electron chi connectivity index (χ1n) is 11.6. The molecule has 4 rings (SSSR count). The minimum Gasteiger partial charge on any atom is -0.344 e. The molecule has 2 fully saturated rings. The Hall–Kier alpha value is -2.41. The highest BCUT2D eigenvalue weighted by atomic mass is 16.2. The summed E-state index contributed by atoms with van der Waals surface area (Å²) in [5.74, 6) is -0.429. The molecule has 0 aromatic heterocycles. The number of amides is 3. The summed E-state index contributed by atoms with van der Waals surface area (Å²) in [6, 6.07) is 7.32. The maximum atomic E-state index is 13.9. The first-order chi connectivity index (χ1) is 14.9. The number of para-hydroxylation sites is 1. The van der Waals surface area contributed by atoms with E-state index in [1.54, 1.807) is 11.0 Å². The lowest BCUT2D eigenvalue weighted by molar-refractivity contribution is -0.137. The topological polar surface area (TPSA) is 73.0 Å². The highest BCUT2D eigenvalue weighted by Crippen LogP contribution is 2.37. The van der Waals surface area contributed by atoms with Gasteiger partial charge < -0.3 is 20.0 Å². The van der Waals surface area contributed by atoms with Crippen LogP contribution in [-0.4, -0.2) is 72.3 Å². The Balaban J connectivity index is 1.67. The fourth-order valence-corrected chi connectivity index (χ4v) is 5.10. The molecule has 2 atom stereocenters. The second-order valence-corrected chi connectivity index (χ2v) is 9.30. The van der Waals surface area contributed by atoms with Gasteiger partial charge in [0, 0.05) is 32.1 Å². The van der Waals surface area contributed by atoms with Crippen LogP contribution in [0.5, 0.6) is 0 Å². The number of hydrogen-bond acceptors (Lipinski definition) is 4. The number of benzene rings is 1. The molecule has 0 bridgehead atoms. The average Bonchev–Trinajstić information content (AvgIpc) is 3.06. The lowest BCUT2D eigenvalue weighted by Gasteiger charge is -2.38. The smallest absolute Gasteiger partial charge is 0.253 e. The van der Waals surface area contributed by atoms with Crippen molar-refractivity contribution in [3.63, 3.8) is 0 Å². The summed E-state index contributed by atoms with van der Waals surface area (Å²) in [5.41, 5.74) is 0.399. The van der Waals surface area contributed by atoms with Gasteiger partial charge in [0.1, 0.15) is 0 Å². The van der Waals surface area contributed by atoms with E-state index in [9.17, 15) is 14.4 Å². The van der Waals surface area contributed by atoms with E-state index < -0.39 is 11.5 Å². The number of carbonyl (C=O) groups excluding carboxylic acids is 3. The van der Waals surface area contributed by atoms with E-state index in [1.165, 1.54) is 0 Å². The molecule has 0 spiro atoms. The Morgan fingerprint density at radius 3 is 2.55 bits per heavy atom. The Morgan fingerprint density at radius 1 is 1.19 bits per heavy atom. The van der Waals surface area contributed by atoms with Crippen LogP contribution >= 0.6 is 0 Å². The van der Waals surface area contributed by atoms with E-state index in [0.29, 0.717) is 30.9 Å². The normalized spacial score (nSPS) is 26.1. The van der Waals surface area contributed by atoms with Gasteiger partial charge in [0.25, 0.3) is 5.91 Å². The number of nitrogens with zero attached hydrogens (tertiary/aromatic N) is 3. The quantitative estimate of drug-likeness (QED) is 0.756. The third-order valence-electron chi connectivity index (χ3n) is 7.39. The average molecular weight is 427 g/mol. The Bertz CT molecular complexity index is 864. The molecule has 168 valence electrons. The molecular formula is C24H34N4O3. The van der Waals surface area contributed by atoms with Crippen molar-refractivity contribution in [1.82, 2.24) is 15.1 Å². The van der Waals surface area contributed by atoms with E-state index in [1.807, 2.05) is 30.0 Å². The standard InChI is InChI=1S/C24H34N4O3/c1-4-26(5-2)13-14-28-20-12-7-6-11-18(20)21(29)25-24(3)16-27(15-19(24)23(28)31)22(30)17-9-8-10-17/h6-7,11-12,17,19H,4-5,8-10,13-16H2,1-3H3,(H,25,29)/t19-,24-/m0/s1. The van der Waals surface area contributed by atoms with Crippen molar-refractivity contribution < 1.29 is 14.4 Å². The summed E-state index contributed by atoms with van der Waals surface area (Å²) in [4.78, 5) is 45.9. The summed E-state index contributed by atoms with van der Waals surface area (Å²) in [7, 11) is 0. The molecule has 1 N–H and O–H groups in total. The van der Waals surface area contributed by atoms with Gasteiger partial charge >= 0.3 is 0 Å². The lowest BCUT2D eigenvalue weighted by atomic mass is 9.84. The van der Waals surface area contributed by atoms with Crippen molar-refractivity contribution in [3.05, 3.63) is 29.8 Å². The Labute approximate surface area is 184 Å². The lowest BCUT2D eigenvalue weighted by Crippen LogP contribution is -2.59. The number of nitrogens with one attached hydrogen (secondary N) is 1. The monoisotopic (exact) mass is 426 g/mol. The summed E-state index contributed by atoms with van der Waals surface area (Å²) in [5, 5.41) is 3.12. The maximum Gasteiger partial charge on any atom is 0.253 e. The predicted molar refractivity (Wildman–Crippen MR) is 120 cm³/mol. The second-order valence-electron chi connectivity index (χ2n) is 9.30. The summed E-state index contributed by atoms with van der Waals surface area (Å²) >= 11 is 0. The van der Waals surface area contributed by atoms with Crippen LogP contribution < -0.4 is 10.2 Å². The first-order valence-corrected chi connectivity index (χ1v) is 11.6. The van der Waals surface area contributed by atoms with Gasteiger partial charge in [-0.25, -0.2) is 0 Å². The highest BCUT2D eigenvalue weighted by Gasteiger charge is 2.52. The zero-order valence-corrected chi connectivity index (χ0v) is 18.9. The van der Waals surface area contributed by atoms with Gasteiger partial charge in [0.2, 0.25) is 11.8 Å². The van der Waals surface area contributed by atoms with Crippen LogP contribution in [0.3, 0.4) is 0 Å². The maximum absolute atomic E-state index is 13.9. The third kappa shape index (κ3) is 3.95. The number of likely N-dealkylation sites (N-methyl/N-ethyl adjacent to an activating group) is 1. The van der Waals surface area contributed by atoms with Gasteiger partial charge in [-0.3, -0.25) is 14.4 Å². The summed E-state index contributed by atoms with van der Waals surface area (Å²) in [6.07, 6.45) is 2.95. The highest BCUT2D eigenvalue weighted by molar-refractivity contribution is 6.08. The van der Waals surface area contributed by atoms with Crippen LogP contribution in [0.25, 0.3) is 0 Å². The zero-order chi connectivity index (χ0) is 22.2. The number of carbonyl (C=O) groups is 3. The number of rotatable bonds is 6. The number of hydrogen-bond donors (Lipinski definition) is 1. The van der Waals surface area contributed by atoms with E-state index in [-0.39, 0.29) is 23.6 Å². The van der Waals surface area contributed by atoms with Crippen LogP contribution in [0.4, 0.5) is 5.69 Å². The summed E-state index contributed by atoms with van der Waals surface area (Å²) in [6.45, 7) is 9.97. The molecular weight excluding hydrogens is 392 g/mol. The molecule has 0 unspecified atom stereocenters. The van der Waals surface area contributed by atoms with Crippen molar-refractivity contribution in [2.75, 3.05) is 44.2 Å². The molecule has 2 aliphatic heterocycles. The van der Waals surface area contributed by atoms with Crippen molar-refractivity contribution >= 4 is 23.4 Å². The zero-order valence-electron chi connectivity index (χ0n) is 18.9. The van der Waals surface area contributed by atoms with Crippen LogP contribution in [0.2, 0.25) is 0 Å². The Kier molecular flexibility index (Phi) is 6.06. The molecule has 1 saturated carbocycles. The largest absolute Gasteiger partial charge is 0.344 e. The predicted octanol–water partition coefficient (Wildman–Crippen LogP) is 2.12. The van der Waals surface area contributed by atoms with Gasteiger partial charge in [-0.2, -0.15) is 0 Å². The van der Waals surface area contributed by atoms with E-state index in [0.717, 1.165) is 38.9 Å². The van der Waals surface area contributed by atoms with E-state index in [2.05, 4.69) is 24.1 Å². The third-order valence-corrected chi connectivity index (χ3v) is 7.39. The molecule has 0 radical (unpaired) electrons. The van der Waals surface area contributed by atoms with Crippen LogP contribution in [0.15, 0.2) is 24.3 Å². The minimum absolute atomic E-state index is 0.00832. The van der Waals surface area contributed by atoms with Crippen molar-refractivity contribution in [3.8, 4) is 0 Å². The van der Waals surface area contributed by atoms with Gasteiger partial charge in [-0.05, 0) is 45.0 Å². The van der Waals surface area contributed by atoms with Gasteiger partial charge in [0.05, 0.1) is 22.7 Å². The molecule has 3 amide bonds. The molecule has 31 heavy (non-hydrogen) atoms. The fraction of sp³-hybridized carbons (Fsp3) is 0.625. The van der Waals surface area contributed by atoms with E-state index >= 15 is 0 Å². The summed E-state index contributed by atoms with van der Waals surface area (Å²) < 4.78 is 0. The molecule has 7 nitrogen and oxygen atoms in total. The molecule has 7 heteroatoms. The van der Waals surface area contributed by atoms with Gasteiger partial charge in [-0.15, -0.1) is 0 Å². The van der Waals surface area contributed by atoms with Gasteiger partial charge in [0.15, 0.2) is 0 Å². The molecule has 1 aromatic rings. The van der Waals surface area contributed by atoms with Gasteiger partial charge in [-0.1, -0.05) is 32.4 Å². The van der Waals surface area contributed by atoms with Crippen LogP contribution in [-0.2, 0) is 9.59 Å². The van der Waals surface area contributed by atoms with Crippen molar-refractivity contribution in [1.29, 1.82) is 0 Å². The number of likely N-dealkylation sites (tertiary alicyclic amines) is 1. The molecule has 3 aliphatic rings. The minimum atomic E-state index is -0.769. The number of anilines is 1.